The molecule has 0 aliphatic rings. The lowest BCUT2D eigenvalue weighted by Crippen LogP contribution is -2.30. The van der Waals surface area contributed by atoms with Gasteiger partial charge in [0.25, 0.3) is 0 Å². The van der Waals surface area contributed by atoms with Gasteiger partial charge in [0.05, 0.1) is 6.42 Å². The summed E-state index contributed by atoms with van der Waals surface area (Å²) < 4.78 is 16.8. The second-order valence-electron chi connectivity index (χ2n) is 20.2. The lowest BCUT2D eigenvalue weighted by molar-refractivity contribution is -0.166. The van der Waals surface area contributed by atoms with E-state index in [1.54, 1.807) is 6.08 Å². The molecule has 1 unspecified atom stereocenters. The number of esters is 3. The normalized spacial score (nSPS) is 13.1. The maximum Gasteiger partial charge on any atom is 0.309 e. The van der Waals surface area contributed by atoms with Crippen molar-refractivity contribution in [2.75, 3.05) is 13.2 Å². The molecule has 0 N–H and O–H groups in total. The maximum absolute atomic E-state index is 12.9. The molecule has 0 aliphatic heterocycles. The quantitative estimate of drug-likeness (QED) is 0.0261. The number of hydrogen-bond donors (Lipinski definition) is 0. The van der Waals surface area contributed by atoms with Gasteiger partial charge in [-0.2, -0.15) is 0 Å². The average molecular weight is 1060 g/mol. The summed E-state index contributed by atoms with van der Waals surface area (Å²) in [6, 6.07) is 0. The highest BCUT2D eigenvalue weighted by Gasteiger charge is 2.19. The molecule has 0 bridgehead atoms. The average Bonchev–Trinajstić information content (AvgIpc) is 3.43. The Bertz CT molecular complexity index is 1700. The molecule has 434 valence electrons. The van der Waals surface area contributed by atoms with Gasteiger partial charge in [0.15, 0.2) is 6.10 Å². The summed E-state index contributed by atoms with van der Waals surface area (Å²) in [7, 11) is 0. The molecule has 6 nitrogen and oxygen atoms in total. The van der Waals surface area contributed by atoms with Gasteiger partial charge < -0.3 is 14.2 Å². The van der Waals surface area contributed by atoms with E-state index < -0.39 is 12.1 Å². The van der Waals surface area contributed by atoms with E-state index in [1.807, 2.05) is 6.08 Å². The van der Waals surface area contributed by atoms with Crippen LogP contribution in [0.2, 0.25) is 0 Å². The number of carbonyl (C=O) groups excluding carboxylic acids is 3. The van der Waals surface area contributed by atoms with E-state index in [4.69, 9.17) is 14.2 Å². The minimum absolute atomic E-state index is 0.111. The van der Waals surface area contributed by atoms with Crippen LogP contribution in [0.4, 0.5) is 0 Å². The number of ether oxygens (including phenoxy) is 3. The van der Waals surface area contributed by atoms with Crippen LogP contribution >= 0.6 is 0 Å². The van der Waals surface area contributed by atoms with E-state index in [0.29, 0.717) is 12.8 Å². The van der Waals surface area contributed by atoms with Crippen molar-refractivity contribution in [3.05, 3.63) is 146 Å². The van der Waals surface area contributed by atoms with Gasteiger partial charge in [0.2, 0.25) is 0 Å². The van der Waals surface area contributed by atoms with Crippen molar-refractivity contribution in [1.29, 1.82) is 0 Å². The monoisotopic (exact) mass is 1060 g/mol. The van der Waals surface area contributed by atoms with Crippen LogP contribution in [0.5, 0.6) is 0 Å². The maximum atomic E-state index is 12.9. The molecule has 0 aromatic rings. The Kier molecular flexibility index (Phi) is 59.9. The summed E-state index contributed by atoms with van der Waals surface area (Å²) >= 11 is 0. The zero-order valence-electron chi connectivity index (χ0n) is 49.7. The molecule has 1 atom stereocenters. The first-order valence-corrected chi connectivity index (χ1v) is 31.3. The van der Waals surface area contributed by atoms with Gasteiger partial charge in [0.1, 0.15) is 13.2 Å². The summed E-state index contributed by atoms with van der Waals surface area (Å²) in [5, 5.41) is 0. The Morgan fingerprint density at radius 2 is 0.558 bits per heavy atom. The predicted molar refractivity (Wildman–Crippen MR) is 334 cm³/mol. The summed E-state index contributed by atoms with van der Waals surface area (Å²) in [4.78, 5) is 38.2. The topological polar surface area (TPSA) is 78.9 Å². The van der Waals surface area contributed by atoms with Crippen molar-refractivity contribution in [3.8, 4) is 0 Å². The minimum atomic E-state index is -0.849. The summed E-state index contributed by atoms with van der Waals surface area (Å²) in [5.41, 5.74) is 0. The van der Waals surface area contributed by atoms with Crippen molar-refractivity contribution in [1.82, 2.24) is 0 Å². The molecular formula is C71H114O6. The Morgan fingerprint density at radius 3 is 0.948 bits per heavy atom. The van der Waals surface area contributed by atoms with E-state index in [1.165, 1.54) is 116 Å². The smallest absolute Gasteiger partial charge is 0.309 e. The van der Waals surface area contributed by atoms with Crippen molar-refractivity contribution >= 4 is 17.9 Å². The standard InChI is InChI=1S/C71H114O6/c1-4-7-10-13-16-19-22-25-28-30-32-34-35-37-38-40-43-46-49-52-55-58-61-64-70(73)76-67-68(66-75-69(72)63-60-57-54-51-48-45-42-27-24-21-18-15-12-9-6-3)77-71(74)65-62-59-56-53-50-47-44-41-39-36-33-31-29-26-23-20-17-14-11-8-5-2/h8-9,11-12,17-18,20-21,26-27,29-30,32-33,36,41-42,44,48,50-51,53,57,60,68H,4-7,10,13-16,19,22-25,28,31,34-35,37-40,43,45-47,49,52,54-56,58-59,61-67H2,1-3H3/b11-8-,12-9-,20-17-,21-18-,29-26-,32-30-,36-33-,42-27-,44-41-,51-48-,53-50-,60-57-. The molecule has 0 saturated carbocycles. The molecule has 0 aromatic carbocycles. The fourth-order valence-electron chi connectivity index (χ4n) is 8.22. The summed E-state index contributed by atoms with van der Waals surface area (Å²) in [5.74, 6) is -1.11. The van der Waals surface area contributed by atoms with Gasteiger partial charge >= 0.3 is 17.9 Å². The second kappa shape index (κ2) is 63.8. The fraction of sp³-hybridized carbons (Fsp3) is 0.620. The molecule has 0 heterocycles. The zero-order valence-corrected chi connectivity index (χ0v) is 49.7. The van der Waals surface area contributed by atoms with Crippen LogP contribution in [0, 0.1) is 0 Å². The van der Waals surface area contributed by atoms with E-state index in [0.717, 1.165) is 103 Å². The van der Waals surface area contributed by atoms with Gasteiger partial charge in [-0.1, -0.05) is 269 Å². The molecular weight excluding hydrogens is 949 g/mol. The number of unbranched alkanes of at least 4 members (excludes halogenated alkanes) is 21. The summed E-state index contributed by atoms with van der Waals surface area (Å²) in [6.45, 7) is 6.29. The molecule has 0 saturated heterocycles. The Labute approximate surface area is 474 Å². The largest absolute Gasteiger partial charge is 0.462 e. The third kappa shape index (κ3) is 62.0. The van der Waals surface area contributed by atoms with E-state index in [-0.39, 0.29) is 38.0 Å². The lowest BCUT2D eigenvalue weighted by atomic mass is 10.0. The van der Waals surface area contributed by atoms with Crippen LogP contribution in [-0.4, -0.2) is 37.2 Å². The molecule has 0 radical (unpaired) electrons. The van der Waals surface area contributed by atoms with Crippen LogP contribution in [0.25, 0.3) is 0 Å². The summed E-state index contributed by atoms with van der Waals surface area (Å²) in [6.07, 6.45) is 91.7. The highest BCUT2D eigenvalue weighted by molar-refractivity contribution is 5.72. The number of carbonyl (C=O) groups is 3. The number of hydrogen-bond acceptors (Lipinski definition) is 6. The van der Waals surface area contributed by atoms with Crippen molar-refractivity contribution in [2.24, 2.45) is 0 Å². The Hall–Kier alpha value is -4.71. The molecule has 0 rings (SSSR count). The van der Waals surface area contributed by atoms with Crippen LogP contribution in [0.15, 0.2) is 146 Å². The Balaban J connectivity index is 4.52. The lowest BCUT2D eigenvalue weighted by Gasteiger charge is -2.18. The third-order valence-corrected chi connectivity index (χ3v) is 12.8. The first kappa shape index (κ1) is 72.3. The molecule has 0 aliphatic carbocycles. The van der Waals surface area contributed by atoms with E-state index in [9.17, 15) is 14.4 Å². The highest BCUT2D eigenvalue weighted by atomic mass is 16.6. The van der Waals surface area contributed by atoms with Gasteiger partial charge in [0, 0.05) is 12.8 Å². The van der Waals surface area contributed by atoms with Crippen molar-refractivity contribution in [3.63, 3.8) is 0 Å². The molecule has 0 amide bonds. The van der Waals surface area contributed by atoms with Crippen LogP contribution in [0.3, 0.4) is 0 Å². The SMILES string of the molecule is CC/C=C\C/C=C\C/C=C\C/C=C\C/C=C\C/C=C\CCCCC(=O)OC(COC(=O)C/C=C\C/C=C\C/C=C\C/C=C\C/C=C\CC)COC(=O)CCCCCCCCCCCCC/C=C\CCCCCCCCCC. The first-order valence-electron chi connectivity index (χ1n) is 31.3. The predicted octanol–water partition coefficient (Wildman–Crippen LogP) is 21.5. The van der Waals surface area contributed by atoms with Gasteiger partial charge in [-0.25, -0.2) is 0 Å². The molecule has 0 aromatic heterocycles. The second-order valence-corrected chi connectivity index (χ2v) is 20.2. The van der Waals surface area contributed by atoms with Crippen LogP contribution in [0.1, 0.15) is 265 Å². The van der Waals surface area contributed by atoms with Gasteiger partial charge in [-0.05, 0) is 122 Å². The zero-order chi connectivity index (χ0) is 55.7. The van der Waals surface area contributed by atoms with E-state index in [2.05, 4.69) is 154 Å². The van der Waals surface area contributed by atoms with Crippen molar-refractivity contribution in [2.45, 2.75) is 271 Å². The van der Waals surface area contributed by atoms with Crippen LogP contribution < -0.4 is 0 Å². The first-order chi connectivity index (χ1) is 38.0. The Morgan fingerprint density at radius 1 is 0.286 bits per heavy atom. The molecule has 77 heavy (non-hydrogen) atoms. The molecule has 0 fully saturated rings. The minimum Gasteiger partial charge on any atom is -0.462 e. The van der Waals surface area contributed by atoms with Gasteiger partial charge in [-0.3, -0.25) is 14.4 Å². The van der Waals surface area contributed by atoms with Crippen LogP contribution in [-0.2, 0) is 28.6 Å². The third-order valence-electron chi connectivity index (χ3n) is 12.8. The van der Waals surface area contributed by atoms with Gasteiger partial charge in [-0.15, -0.1) is 0 Å². The number of allylic oxidation sites excluding steroid dienone is 23. The number of rotatable bonds is 55. The fourth-order valence-corrected chi connectivity index (χ4v) is 8.22. The molecule has 0 spiro atoms. The van der Waals surface area contributed by atoms with E-state index >= 15 is 0 Å². The molecule has 6 heteroatoms. The highest BCUT2D eigenvalue weighted by Crippen LogP contribution is 2.15. The van der Waals surface area contributed by atoms with Crippen molar-refractivity contribution < 1.29 is 28.6 Å².